The highest BCUT2D eigenvalue weighted by molar-refractivity contribution is 9.11. The zero-order chi connectivity index (χ0) is 83.9. The normalized spacial score (nSPS) is 12.5. The van der Waals surface area contributed by atoms with Gasteiger partial charge in [0.25, 0.3) is 34.4 Å². The number of nitrogens with zero attached hydrogens (tertiary/aromatic N) is 9. The molecule has 3 unspecified atom stereocenters. The molecule has 0 saturated carbocycles. The Balaban J connectivity index is 0.000000153. The number of nitrogens with two attached hydrogens (primary N) is 3. The second kappa shape index (κ2) is 39.3. The van der Waals surface area contributed by atoms with E-state index in [9.17, 15) is 33.2 Å². The second-order valence-corrected chi connectivity index (χ2v) is 41.6. The summed E-state index contributed by atoms with van der Waals surface area (Å²) in [5, 5.41) is 3.38. The van der Waals surface area contributed by atoms with Crippen molar-refractivity contribution in [1.82, 2.24) is 43.4 Å². The van der Waals surface area contributed by atoms with Gasteiger partial charge in [-0.2, -0.15) is 0 Å². The van der Waals surface area contributed by atoms with E-state index in [4.69, 9.17) is 43.8 Å². The molecular formula is C88H86Br4ClFN12O6S6. The van der Waals surface area contributed by atoms with Gasteiger partial charge in [0.15, 0.2) is 0 Å². The minimum absolute atomic E-state index is 0.0160. The van der Waals surface area contributed by atoms with Crippen LogP contribution in [-0.4, -0.2) is 100 Å². The van der Waals surface area contributed by atoms with E-state index in [1.54, 1.807) is 95.9 Å². The summed E-state index contributed by atoms with van der Waals surface area (Å²) in [5.41, 5.74) is 21.2. The molecule has 0 bridgehead atoms. The van der Waals surface area contributed by atoms with Gasteiger partial charge >= 0.3 is 0 Å². The van der Waals surface area contributed by atoms with Crippen LogP contribution in [0.25, 0.3) is 60.9 Å². The lowest BCUT2D eigenvalue weighted by molar-refractivity contribution is 0.0596. The third-order valence-corrected chi connectivity index (χ3v) is 29.3. The predicted octanol–water partition coefficient (Wildman–Crippen LogP) is 21.9. The molecule has 9 aromatic heterocycles. The van der Waals surface area contributed by atoms with Crippen molar-refractivity contribution in [3.8, 4) is 0 Å². The summed E-state index contributed by atoms with van der Waals surface area (Å²) in [6.07, 6.45) is 1.81. The highest BCUT2D eigenvalue weighted by Gasteiger charge is 2.38. The Bertz CT molecular complexity index is 6100. The van der Waals surface area contributed by atoms with Crippen LogP contribution < -0.4 is 33.9 Å². The van der Waals surface area contributed by atoms with E-state index < -0.39 is 23.9 Å². The SMILES string of the molecule is CC(C)C(c1nc2c(sc3ccccc32)c(=O)n1Cc1ccc(Br)s1)N(CCCN)C(=O)c1ccc(Br)cc1.CC(C)C(c1nc2c(sc3ccccc32)c(=O)n1Cc1ccc(Br)s1)N(CCCN)C(=O)c1ccc(Cl)cc1.Cc1ccc(C(=O)N(CCCN)C(c2nc3c(sc4ccccc43)c(=O)n2Cc2ccc(Br)s2)C(C)C)cc1F. The molecule has 0 aliphatic carbocycles. The Morgan fingerprint density at radius 2 is 0.729 bits per heavy atom. The lowest BCUT2D eigenvalue weighted by Crippen LogP contribution is -2.42. The van der Waals surface area contributed by atoms with Crippen LogP contribution in [0.4, 0.5) is 4.39 Å². The molecule has 0 aliphatic heterocycles. The van der Waals surface area contributed by atoms with Crippen molar-refractivity contribution in [2.24, 2.45) is 35.0 Å². The number of hydrogen-bond acceptors (Lipinski definition) is 18. The van der Waals surface area contributed by atoms with Crippen LogP contribution in [0.2, 0.25) is 5.02 Å². The summed E-state index contributed by atoms with van der Waals surface area (Å²) in [6.45, 7) is 17.5. The van der Waals surface area contributed by atoms with Crippen LogP contribution in [0, 0.1) is 30.5 Å². The van der Waals surface area contributed by atoms with Crippen LogP contribution >= 0.6 is 143 Å². The number of carbonyl (C=O) groups excluding carboxylic acids is 3. The highest BCUT2D eigenvalue weighted by atomic mass is 79.9. The number of amides is 3. The number of rotatable bonds is 27. The molecule has 9 heterocycles. The summed E-state index contributed by atoms with van der Waals surface area (Å²) >= 11 is 29.3. The van der Waals surface area contributed by atoms with Crippen LogP contribution in [0.5, 0.6) is 0 Å². The van der Waals surface area contributed by atoms with Crippen molar-refractivity contribution in [2.75, 3.05) is 39.3 Å². The lowest BCUT2D eigenvalue weighted by Gasteiger charge is -2.35. The topological polar surface area (TPSA) is 244 Å². The molecule has 6 aromatic carbocycles. The summed E-state index contributed by atoms with van der Waals surface area (Å²) in [7, 11) is 0. The van der Waals surface area contributed by atoms with E-state index in [0.29, 0.717) is 148 Å². The van der Waals surface area contributed by atoms with Gasteiger partial charge in [-0.25, -0.2) is 19.3 Å². The Hall–Kier alpha value is -7.85. The fraction of sp³-hybridized carbons (Fsp3) is 0.284. The largest absolute Gasteiger partial charge is 0.330 e. The molecule has 30 heteroatoms. The van der Waals surface area contributed by atoms with E-state index in [0.717, 1.165) is 60.7 Å². The Labute approximate surface area is 744 Å². The maximum atomic E-state index is 14.5. The van der Waals surface area contributed by atoms with Gasteiger partial charge in [0.1, 0.15) is 37.4 Å². The van der Waals surface area contributed by atoms with Gasteiger partial charge in [0.05, 0.1) is 65.7 Å². The summed E-state index contributed by atoms with van der Waals surface area (Å²) in [4.78, 5) is 108. The highest BCUT2D eigenvalue weighted by Crippen LogP contribution is 2.41. The van der Waals surface area contributed by atoms with Gasteiger partial charge in [-0.3, -0.25) is 42.5 Å². The van der Waals surface area contributed by atoms with E-state index >= 15 is 0 Å². The minimum Gasteiger partial charge on any atom is -0.330 e. The van der Waals surface area contributed by atoms with Gasteiger partial charge in [-0.15, -0.1) is 68.0 Å². The van der Waals surface area contributed by atoms with E-state index in [-0.39, 0.29) is 57.7 Å². The smallest absolute Gasteiger partial charge is 0.271 e. The third kappa shape index (κ3) is 19.4. The van der Waals surface area contributed by atoms with E-state index in [1.165, 1.54) is 40.1 Å². The van der Waals surface area contributed by atoms with Crippen LogP contribution in [0.1, 0.15) is 148 Å². The molecule has 0 fully saturated rings. The molecule has 0 saturated heterocycles. The molecule has 6 N–H and O–H groups in total. The van der Waals surface area contributed by atoms with Gasteiger partial charge in [-0.1, -0.05) is 130 Å². The fourth-order valence-corrected chi connectivity index (χ4v) is 22.7. The molecule has 118 heavy (non-hydrogen) atoms. The Morgan fingerprint density at radius 1 is 0.424 bits per heavy atom. The maximum Gasteiger partial charge on any atom is 0.271 e. The Morgan fingerprint density at radius 3 is 1.03 bits per heavy atom. The first-order chi connectivity index (χ1) is 56.7. The quantitative estimate of drug-likeness (QED) is 0.0435. The zero-order valence-corrected chi connectivity index (χ0v) is 77.6. The van der Waals surface area contributed by atoms with Crippen molar-refractivity contribution in [2.45, 2.75) is 105 Å². The number of hydrogen-bond donors (Lipinski definition) is 3. The molecule has 0 radical (unpaired) electrons. The second-order valence-electron chi connectivity index (χ2n) is 29.5. The fourth-order valence-electron chi connectivity index (χ4n) is 14.7. The molecule has 3 atom stereocenters. The number of benzene rings is 6. The number of aromatic nitrogens is 6. The van der Waals surface area contributed by atoms with Crippen molar-refractivity contribution < 1.29 is 18.8 Å². The van der Waals surface area contributed by atoms with Crippen molar-refractivity contribution >= 4 is 222 Å². The number of fused-ring (bicyclic) bond motifs is 9. The van der Waals surface area contributed by atoms with Crippen LogP contribution in [-0.2, 0) is 19.6 Å². The molecule has 0 aliphatic rings. The van der Waals surface area contributed by atoms with Crippen molar-refractivity contribution in [1.29, 1.82) is 0 Å². The van der Waals surface area contributed by atoms with Gasteiger partial charge in [-0.05, 0) is 232 Å². The summed E-state index contributed by atoms with van der Waals surface area (Å²) in [6, 6.07) is 53.1. The van der Waals surface area contributed by atoms with Crippen molar-refractivity contribution in [3.05, 3.63) is 288 Å². The van der Waals surface area contributed by atoms with Gasteiger partial charge in [0.2, 0.25) is 0 Å². The molecule has 15 aromatic rings. The molecular weight excluding hydrogens is 1890 g/mol. The summed E-state index contributed by atoms with van der Waals surface area (Å²) < 4.78 is 28.5. The average molecular weight is 1970 g/mol. The number of aryl methyl sites for hydroxylation is 1. The van der Waals surface area contributed by atoms with Crippen molar-refractivity contribution in [3.63, 3.8) is 0 Å². The third-order valence-electron chi connectivity index (χ3n) is 20.3. The number of halogens is 6. The van der Waals surface area contributed by atoms with Crippen LogP contribution in [0.15, 0.2) is 206 Å². The molecule has 612 valence electrons. The lowest BCUT2D eigenvalue weighted by atomic mass is 9.98. The minimum atomic E-state index is -0.553. The molecule has 15 rings (SSSR count). The average Bonchev–Trinajstić information content (AvgIpc) is 1.57. The first kappa shape index (κ1) is 88.0. The maximum absolute atomic E-state index is 14.5. The predicted molar refractivity (Wildman–Crippen MR) is 501 cm³/mol. The standard InChI is InChI=1S/C30H30BrFN4O2S2.C29H28Br2N4O2S2.C29H28BrClN4O2S2/c1-17(2)26(35(14-6-13-33)29(37)19-10-9-18(3)22(32)15-19)28-34-25-21-7-4-5-8-23(21)40-27(25)30(38)36(28)16-20-11-12-24(31)39-20;1-17(2)25(34(15-5-14-32)28(36)18-8-10-19(30)11-9-18)27-33-24-21-6-3-4-7-22(21)39-26(24)29(37)35(27)16-20-12-13-23(31)38-20;1-17(2)25(34(15-5-14-32)28(36)18-8-10-19(31)11-9-18)27-33-24-21-6-3-4-7-22(21)39-26(24)29(37)35(27)16-20-12-13-23(30)38-20/h4-5,7-12,15,17,26H,6,13-14,16,33H2,1-3H3;2*3-4,6-13,17,25H,5,14-16,32H2,1-2H3. The number of thiophene rings is 6. The number of carbonyl (C=O) groups is 3. The first-order valence-electron chi connectivity index (χ1n) is 38.5. The monoisotopic (exact) mass is 1970 g/mol. The Kier molecular flexibility index (Phi) is 29.3. The molecule has 18 nitrogen and oxygen atoms in total. The zero-order valence-electron chi connectivity index (χ0n) is 65.6. The van der Waals surface area contributed by atoms with E-state index in [1.807, 2.05) is 157 Å². The van der Waals surface area contributed by atoms with Gasteiger partial charge < -0.3 is 31.9 Å². The van der Waals surface area contributed by atoms with E-state index in [2.05, 4.69) is 91.4 Å². The van der Waals surface area contributed by atoms with Gasteiger partial charge in [0, 0.05) is 90.7 Å². The van der Waals surface area contributed by atoms with Crippen LogP contribution in [0.3, 0.4) is 0 Å². The molecule has 0 spiro atoms. The summed E-state index contributed by atoms with van der Waals surface area (Å²) in [5.74, 6) is 0.529. The molecule has 3 amide bonds. The first-order valence-corrected chi connectivity index (χ1v) is 47.0.